The molecule has 2 heterocycles. The van der Waals surface area contributed by atoms with Gasteiger partial charge in [-0.15, -0.1) is 0 Å². The van der Waals surface area contributed by atoms with Crippen molar-refractivity contribution in [3.05, 3.63) is 102 Å². The molecule has 2 unspecified atom stereocenters. The van der Waals surface area contributed by atoms with E-state index in [1.54, 1.807) is 9.80 Å². The van der Waals surface area contributed by atoms with Crippen LogP contribution < -0.4 is 10.2 Å². The molecule has 1 N–H and O–H groups in total. The molecule has 12 nitrogen and oxygen atoms in total. The summed E-state index contributed by atoms with van der Waals surface area (Å²) >= 11 is 0. The quantitative estimate of drug-likeness (QED) is 0.150. The minimum absolute atomic E-state index is 0.0778. The van der Waals surface area contributed by atoms with E-state index in [0.717, 1.165) is 42.6 Å². The number of unbranched alkanes of at least 4 members (excludes halogenated alkanes) is 1. The van der Waals surface area contributed by atoms with E-state index in [-0.39, 0.29) is 36.5 Å². The van der Waals surface area contributed by atoms with Gasteiger partial charge in [-0.05, 0) is 54.5 Å². The van der Waals surface area contributed by atoms with Gasteiger partial charge >= 0.3 is 5.97 Å². The Labute approximate surface area is 336 Å². The Balaban J connectivity index is 1.23. The van der Waals surface area contributed by atoms with Crippen LogP contribution in [0.1, 0.15) is 74.7 Å². The molecule has 3 fully saturated rings. The van der Waals surface area contributed by atoms with Crippen molar-refractivity contribution in [1.29, 1.82) is 0 Å². The largest absolute Gasteiger partial charge is 0.463 e. The molecule has 6 rings (SSSR count). The van der Waals surface area contributed by atoms with Crippen LogP contribution in [0.5, 0.6) is 0 Å². The average molecular weight is 801 g/mol. The van der Waals surface area contributed by atoms with Gasteiger partial charge in [0, 0.05) is 62.5 Å². The number of nitrogens with one attached hydrogen (secondary N) is 1. The van der Waals surface area contributed by atoms with Crippen molar-refractivity contribution in [2.75, 3.05) is 56.4 Å². The third kappa shape index (κ3) is 10.9. The molecule has 3 aromatic rings. The van der Waals surface area contributed by atoms with Crippen LogP contribution >= 0.6 is 0 Å². The SMILES string of the molecule is CC(=O)N1C(c2ccccc2)N(c2ccc(CC(NC(=O)C3(CCCCS(C)(=O)=O)CCCC3)C(=O)OCCN3CCOCC3)cc2)C(=O)[C@H]1Cc1ccccc1. The first kappa shape index (κ1) is 42.0. The molecule has 0 radical (unpaired) electrons. The third-order valence-corrected chi connectivity index (χ3v) is 12.6. The maximum Gasteiger partial charge on any atom is 0.329 e. The van der Waals surface area contributed by atoms with Crippen LogP contribution in [0.15, 0.2) is 84.9 Å². The molecule has 2 saturated heterocycles. The Kier molecular flexibility index (Phi) is 14.2. The molecule has 3 aliphatic rings. The Morgan fingerprint density at radius 1 is 0.895 bits per heavy atom. The summed E-state index contributed by atoms with van der Waals surface area (Å²) in [5.74, 6) is -1.05. The first-order valence-electron chi connectivity index (χ1n) is 20.2. The minimum Gasteiger partial charge on any atom is -0.463 e. The standard InChI is InChI=1S/C44H56N4O8S/c1-33(49)47-39(32-34-13-5-3-6-14-34)41(50)48(40(47)36-15-7-4-8-16-36)37-19-17-35(18-20-37)31-38(42(51)56-29-26-46-24-27-55-28-25-46)45-43(52)44(21-9-10-22-44)23-11-12-30-57(2,53)54/h3-8,13-20,38-40H,9-12,21-32H2,1-2H3,(H,45,52)/t38?,39-,40?/m1/s1. The Hall–Kier alpha value is -4.59. The summed E-state index contributed by atoms with van der Waals surface area (Å²) in [7, 11) is -3.10. The molecule has 2 aliphatic heterocycles. The number of amides is 3. The molecular weight excluding hydrogens is 745 g/mol. The van der Waals surface area contributed by atoms with Crippen LogP contribution in [0.2, 0.25) is 0 Å². The van der Waals surface area contributed by atoms with Crippen LogP contribution in [-0.4, -0.2) is 105 Å². The second-order valence-electron chi connectivity index (χ2n) is 15.7. The van der Waals surface area contributed by atoms with Gasteiger partial charge in [-0.2, -0.15) is 0 Å². The van der Waals surface area contributed by atoms with Gasteiger partial charge < -0.3 is 19.7 Å². The number of carbonyl (C=O) groups is 4. The number of benzene rings is 3. The topological polar surface area (TPSA) is 143 Å². The minimum atomic E-state index is -3.10. The first-order chi connectivity index (χ1) is 27.4. The fraction of sp³-hybridized carbons (Fsp3) is 0.500. The molecule has 3 aromatic carbocycles. The highest BCUT2D eigenvalue weighted by atomic mass is 32.2. The van der Waals surface area contributed by atoms with Crippen molar-refractivity contribution >= 4 is 39.2 Å². The molecule has 1 aliphatic carbocycles. The summed E-state index contributed by atoms with van der Waals surface area (Å²) in [6.07, 6.45) is 5.87. The molecule has 13 heteroatoms. The normalized spacial score (nSPS) is 20.4. The van der Waals surface area contributed by atoms with E-state index in [0.29, 0.717) is 64.0 Å². The third-order valence-electron chi connectivity index (χ3n) is 11.6. The van der Waals surface area contributed by atoms with Gasteiger partial charge in [0.25, 0.3) is 5.91 Å². The molecule has 306 valence electrons. The van der Waals surface area contributed by atoms with E-state index < -0.39 is 39.5 Å². The van der Waals surface area contributed by atoms with E-state index >= 15 is 0 Å². The molecular formula is C44H56N4O8S. The van der Waals surface area contributed by atoms with Gasteiger partial charge in [0.2, 0.25) is 11.8 Å². The number of esters is 1. The van der Waals surface area contributed by atoms with Crippen molar-refractivity contribution in [1.82, 2.24) is 15.1 Å². The van der Waals surface area contributed by atoms with Crippen molar-refractivity contribution < 1.29 is 37.1 Å². The van der Waals surface area contributed by atoms with E-state index in [1.165, 1.54) is 13.2 Å². The molecule has 1 saturated carbocycles. The molecule has 0 bridgehead atoms. The zero-order valence-electron chi connectivity index (χ0n) is 33.1. The van der Waals surface area contributed by atoms with Crippen LogP contribution in [0.3, 0.4) is 0 Å². The highest BCUT2D eigenvalue weighted by molar-refractivity contribution is 7.90. The van der Waals surface area contributed by atoms with Gasteiger partial charge in [-0.25, -0.2) is 13.2 Å². The van der Waals surface area contributed by atoms with Crippen molar-refractivity contribution in [3.8, 4) is 0 Å². The number of hydrogen-bond donors (Lipinski definition) is 1. The molecule has 3 amide bonds. The summed E-state index contributed by atoms with van der Waals surface area (Å²) < 4.78 is 34.8. The molecule has 0 aromatic heterocycles. The summed E-state index contributed by atoms with van der Waals surface area (Å²) in [6.45, 7) is 5.00. The van der Waals surface area contributed by atoms with Gasteiger partial charge in [0.05, 0.1) is 13.2 Å². The van der Waals surface area contributed by atoms with Crippen LogP contribution in [-0.2, 0) is 51.3 Å². The Morgan fingerprint density at radius 3 is 2.18 bits per heavy atom. The number of sulfone groups is 1. The lowest BCUT2D eigenvalue weighted by molar-refractivity contribution is -0.150. The van der Waals surface area contributed by atoms with Gasteiger partial charge in [-0.3, -0.25) is 24.2 Å². The number of carbonyl (C=O) groups excluding carboxylic acids is 4. The predicted octanol–water partition coefficient (Wildman–Crippen LogP) is 4.87. The van der Waals surface area contributed by atoms with Crippen LogP contribution in [0.4, 0.5) is 5.69 Å². The number of ether oxygens (including phenoxy) is 2. The lowest BCUT2D eigenvalue weighted by Crippen LogP contribution is -2.49. The van der Waals surface area contributed by atoms with Gasteiger partial charge in [-0.1, -0.05) is 92.1 Å². The smallest absolute Gasteiger partial charge is 0.329 e. The zero-order chi connectivity index (χ0) is 40.4. The maximum absolute atomic E-state index is 14.4. The summed E-state index contributed by atoms with van der Waals surface area (Å²) in [6, 6.07) is 24.9. The van der Waals surface area contributed by atoms with Crippen LogP contribution in [0.25, 0.3) is 0 Å². The van der Waals surface area contributed by atoms with E-state index in [9.17, 15) is 27.6 Å². The fourth-order valence-electron chi connectivity index (χ4n) is 8.52. The highest BCUT2D eigenvalue weighted by Crippen LogP contribution is 2.43. The highest BCUT2D eigenvalue weighted by Gasteiger charge is 2.49. The maximum atomic E-state index is 14.4. The molecule has 57 heavy (non-hydrogen) atoms. The second kappa shape index (κ2) is 19.2. The summed E-state index contributed by atoms with van der Waals surface area (Å²) in [5, 5.41) is 3.07. The summed E-state index contributed by atoms with van der Waals surface area (Å²) in [4.78, 5) is 61.1. The fourth-order valence-corrected chi connectivity index (χ4v) is 9.25. The number of anilines is 1. The number of hydrogen-bond acceptors (Lipinski definition) is 9. The van der Waals surface area contributed by atoms with Gasteiger partial charge in [0.1, 0.15) is 34.7 Å². The monoisotopic (exact) mass is 800 g/mol. The number of morpholine rings is 1. The Bertz CT molecular complexity index is 1930. The van der Waals surface area contributed by atoms with Crippen LogP contribution in [0, 0.1) is 5.41 Å². The number of nitrogens with zero attached hydrogens (tertiary/aromatic N) is 3. The first-order valence-corrected chi connectivity index (χ1v) is 22.3. The molecule has 0 spiro atoms. The van der Waals surface area contributed by atoms with E-state index in [2.05, 4.69) is 10.2 Å². The van der Waals surface area contributed by atoms with E-state index in [4.69, 9.17) is 9.47 Å². The Morgan fingerprint density at radius 2 is 1.54 bits per heavy atom. The summed E-state index contributed by atoms with van der Waals surface area (Å²) in [5.41, 5.74) is 2.45. The van der Waals surface area contributed by atoms with Crippen molar-refractivity contribution in [3.63, 3.8) is 0 Å². The van der Waals surface area contributed by atoms with Crippen molar-refractivity contribution in [2.45, 2.75) is 83.0 Å². The lowest BCUT2D eigenvalue weighted by Gasteiger charge is -2.31. The number of rotatable bonds is 17. The zero-order valence-corrected chi connectivity index (χ0v) is 34.0. The van der Waals surface area contributed by atoms with Crippen molar-refractivity contribution in [2.24, 2.45) is 5.41 Å². The lowest BCUT2D eigenvalue weighted by atomic mass is 9.80. The molecule has 3 atom stereocenters. The second-order valence-corrected chi connectivity index (χ2v) is 18.0. The van der Waals surface area contributed by atoms with Gasteiger partial charge in [0.15, 0.2) is 0 Å². The predicted molar refractivity (Wildman–Crippen MR) is 218 cm³/mol. The van der Waals surface area contributed by atoms with E-state index in [1.807, 2.05) is 84.9 Å². The average Bonchev–Trinajstić information content (AvgIpc) is 3.80.